The molecule has 2 atom stereocenters. The normalized spacial score (nSPS) is 28.5. The first-order valence-electron chi connectivity index (χ1n) is 8.22. The number of rotatable bonds is 4. The number of ether oxygens (including phenoxy) is 2. The molecular weight excluding hydrogens is 282 g/mol. The average Bonchev–Trinajstić information content (AvgIpc) is 3.11. The van der Waals surface area contributed by atoms with Crippen LogP contribution < -0.4 is 0 Å². The van der Waals surface area contributed by atoms with Gasteiger partial charge in [-0.3, -0.25) is 4.79 Å². The van der Waals surface area contributed by atoms with Gasteiger partial charge in [-0.2, -0.15) is 0 Å². The van der Waals surface area contributed by atoms with E-state index in [2.05, 4.69) is 0 Å². The van der Waals surface area contributed by atoms with Crippen molar-refractivity contribution in [1.29, 1.82) is 0 Å². The molecule has 2 fully saturated rings. The van der Waals surface area contributed by atoms with E-state index in [0.29, 0.717) is 31.4 Å². The predicted molar refractivity (Wildman–Crippen MR) is 81.9 cm³/mol. The molecule has 1 aliphatic heterocycles. The molecule has 1 saturated carbocycles. The van der Waals surface area contributed by atoms with E-state index in [9.17, 15) is 4.79 Å². The van der Waals surface area contributed by atoms with Gasteiger partial charge >= 0.3 is 0 Å². The van der Waals surface area contributed by atoms with Crippen molar-refractivity contribution in [2.75, 3.05) is 32.9 Å². The van der Waals surface area contributed by atoms with Crippen molar-refractivity contribution in [1.82, 2.24) is 4.90 Å². The zero-order valence-corrected chi connectivity index (χ0v) is 13.5. The Morgan fingerprint density at radius 3 is 3.09 bits per heavy atom. The fourth-order valence-electron chi connectivity index (χ4n) is 3.69. The van der Waals surface area contributed by atoms with Gasteiger partial charge in [-0.25, -0.2) is 0 Å². The lowest BCUT2D eigenvalue weighted by Gasteiger charge is -2.43. The summed E-state index contributed by atoms with van der Waals surface area (Å²) in [6.45, 7) is 7.17. The van der Waals surface area contributed by atoms with E-state index in [1.165, 1.54) is 0 Å². The highest BCUT2D eigenvalue weighted by Crippen LogP contribution is 2.41. The number of amides is 1. The second kappa shape index (κ2) is 6.42. The topological polar surface area (TPSA) is 51.9 Å². The molecule has 1 amide bonds. The Morgan fingerprint density at radius 2 is 2.36 bits per heavy atom. The summed E-state index contributed by atoms with van der Waals surface area (Å²) in [4.78, 5) is 14.5. The number of hydrogen-bond acceptors (Lipinski definition) is 4. The first kappa shape index (κ1) is 15.6. The SMILES string of the molecule is CCOC[C@@H]1CCC[C@]12CN(C(=O)c1ccc(C)o1)CCO2. The number of nitrogens with zero attached hydrogens (tertiary/aromatic N) is 1. The van der Waals surface area contributed by atoms with Gasteiger partial charge in [0.1, 0.15) is 5.76 Å². The van der Waals surface area contributed by atoms with Crippen LogP contribution in [0.25, 0.3) is 0 Å². The molecule has 0 unspecified atom stereocenters. The fourth-order valence-corrected chi connectivity index (χ4v) is 3.69. The molecule has 22 heavy (non-hydrogen) atoms. The molecule has 1 aromatic heterocycles. The molecular formula is C17H25NO4. The molecule has 3 rings (SSSR count). The van der Waals surface area contributed by atoms with Crippen molar-refractivity contribution in [3.8, 4) is 0 Å². The van der Waals surface area contributed by atoms with Gasteiger partial charge in [-0.05, 0) is 38.8 Å². The van der Waals surface area contributed by atoms with E-state index in [1.807, 2.05) is 24.8 Å². The molecule has 0 radical (unpaired) electrons. The Bertz CT molecular complexity index is 526. The largest absolute Gasteiger partial charge is 0.456 e. The summed E-state index contributed by atoms with van der Waals surface area (Å²) >= 11 is 0. The number of aryl methyl sites for hydroxylation is 1. The maximum Gasteiger partial charge on any atom is 0.289 e. The smallest absolute Gasteiger partial charge is 0.289 e. The van der Waals surface area contributed by atoms with Gasteiger partial charge < -0.3 is 18.8 Å². The summed E-state index contributed by atoms with van der Waals surface area (Å²) in [6.07, 6.45) is 3.26. The van der Waals surface area contributed by atoms with Gasteiger partial charge in [0.25, 0.3) is 5.91 Å². The highest BCUT2D eigenvalue weighted by atomic mass is 16.5. The Kier molecular flexibility index (Phi) is 4.54. The van der Waals surface area contributed by atoms with E-state index in [0.717, 1.165) is 38.2 Å². The lowest BCUT2D eigenvalue weighted by Crippen LogP contribution is -2.56. The minimum absolute atomic E-state index is 0.0298. The molecule has 0 aromatic carbocycles. The van der Waals surface area contributed by atoms with E-state index in [-0.39, 0.29) is 11.5 Å². The van der Waals surface area contributed by atoms with E-state index in [1.54, 1.807) is 6.07 Å². The summed E-state index contributed by atoms with van der Waals surface area (Å²) in [5.41, 5.74) is -0.231. The Labute approximate surface area is 131 Å². The molecule has 0 bridgehead atoms. The molecule has 5 heteroatoms. The number of carbonyl (C=O) groups excluding carboxylic acids is 1. The second-order valence-electron chi connectivity index (χ2n) is 6.30. The molecule has 1 aromatic rings. The van der Waals surface area contributed by atoms with E-state index in [4.69, 9.17) is 13.9 Å². The Hall–Kier alpha value is -1.33. The lowest BCUT2D eigenvalue weighted by molar-refractivity contribution is -0.133. The van der Waals surface area contributed by atoms with Crippen molar-refractivity contribution >= 4 is 5.91 Å². The molecule has 1 saturated heterocycles. The van der Waals surface area contributed by atoms with E-state index >= 15 is 0 Å². The van der Waals surface area contributed by atoms with Crippen LogP contribution in [0.4, 0.5) is 0 Å². The number of furan rings is 1. The van der Waals surface area contributed by atoms with Gasteiger partial charge in [-0.15, -0.1) is 0 Å². The lowest BCUT2D eigenvalue weighted by atomic mass is 9.89. The van der Waals surface area contributed by atoms with Crippen molar-refractivity contribution in [2.45, 2.75) is 38.7 Å². The highest BCUT2D eigenvalue weighted by molar-refractivity contribution is 5.91. The van der Waals surface area contributed by atoms with Crippen LogP contribution in [-0.2, 0) is 9.47 Å². The molecule has 1 spiro atoms. The van der Waals surface area contributed by atoms with Crippen molar-refractivity contribution in [3.63, 3.8) is 0 Å². The quantitative estimate of drug-likeness (QED) is 0.858. The zero-order chi connectivity index (χ0) is 15.6. The van der Waals surface area contributed by atoms with Crippen LogP contribution in [0, 0.1) is 12.8 Å². The minimum Gasteiger partial charge on any atom is -0.456 e. The predicted octanol–water partition coefficient (Wildman–Crippen LogP) is 2.64. The summed E-state index contributed by atoms with van der Waals surface area (Å²) < 4.78 is 17.3. The summed E-state index contributed by atoms with van der Waals surface area (Å²) in [7, 11) is 0. The molecule has 2 heterocycles. The van der Waals surface area contributed by atoms with Crippen LogP contribution in [0.1, 0.15) is 42.5 Å². The maximum atomic E-state index is 12.6. The summed E-state index contributed by atoms with van der Waals surface area (Å²) in [5.74, 6) is 1.54. The van der Waals surface area contributed by atoms with Gasteiger partial charge in [0.05, 0.1) is 25.4 Å². The first-order valence-corrected chi connectivity index (χ1v) is 8.22. The van der Waals surface area contributed by atoms with Crippen LogP contribution in [0.3, 0.4) is 0 Å². The van der Waals surface area contributed by atoms with Gasteiger partial charge in [-0.1, -0.05) is 6.42 Å². The second-order valence-corrected chi connectivity index (χ2v) is 6.30. The summed E-state index contributed by atoms with van der Waals surface area (Å²) in [5, 5.41) is 0. The van der Waals surface area contributed by atoms with E-state index < -0.39 is 0 Å². The minimum atomic E-state index is -0.231. The van der Waals surface area contributed by atoms with Crippen LogP contribution in [0.15, 0.2) is 16.5 Å². The van der Waals surface area contributed by atoms with Gasteiger partial charge in [0.15, 0.2) is 5.76 Å². The summed E-state index contributed by atoms with van der Waals surface area (Å²) in [6, 6.07) is 3.59. The van der Waals surface area contributed by atoms with Crippen molar-refractivity contribution < 1.29 is 18.7 Å². The highest BCUT2D eigenvalue weighted by Gasteiger charge is 2.48. The average molecular weight is 307 g/mol. The standard InChI is InChI=1S/C17H25NO4/c1-3-20-11-14-5-4-8-17(14)12-18(9-10-21-17)16(19)15-7-6-13(2)22-15/h6-7,14H,3-5,8-12H2,1-2H3/t14-,17-/m0/s1. The number of hydrogen-bond donors (Lipinski definition) is 0. The van der Waals surface area contributed by atoms with Crippen molar-refractivity contribution in [2.24, 2.45) is 5.92 Å². The van der Waals surface area contributed by atoms with Crippen LogP contribution in [0.2, 0.25) is 0 Å². The molecule has 122 valence electrons. The monoisotopic (exact) mass is 307 g/mol. The molecule has 2 aliphatic rings. The molecule has 1 aliphatic carbocycles. The molecule has 5 nitrogen and oxygen atoms in total. The van der Waals surface area contributed by atoms with Crippen LogP contribution >= 0.6 is 0 Å². The van der Waals surface area contributed by atoms with Gasteiger partial charge in [0, 0.05) is 19.1 Å². The third-order valence-corrected chi connectivity index (χ3v) is 4.87. The fraction of sp³-hybridized carbons (Fsp3) is 0.706. The number of morpholine rings is 1. The third kappa shape index (κ3) is 2.92. The van der Waals surface area contributed by atoms with Crippen LogP contribution in [-0.4, -0.2) is 49.3 Å². The van der Waals surface area contributed by atoms with Crippen molar-refractivity contribution in [3.05, 3.63) is 23.7 Å². The third-order valence-electron chi connectivity index (χ3n) is 4.87. The van der Waals surface area contributed by atoms with Gasteiger partial charge in [0.2, 0.25) is 0 Å². The van der Waals surface area contributed by atoms with Crippen LogP contribution in [0.5, 0.6) is 0 Å². The molecule has 0 N–H and O–H groups in total. The Morgan fingerprint density at radius 1 is 1.50 bits per heavy atom. The maximum absolute atomic E-state index is 12.6. The first-order chi connectivity index (χ1) is 10.6. The Balaban J connectivity index is 1.71. The zero-order valence-electron chi connectivity index (χ0n) is 13.5. The number of carbonyl (C=O) groups is 1.